The minimum absolute atomic E-state index is 0.115. The second-order valence-electron chi connectivity index (χ2n) is 16.5. The van der Waals surface area contributed by atoms with Crippen LogP contribution in [-0.2, 0) is 22.7 Å². The van der Waals surface area contributed by atoms with Crippen LogP contribution in [0.4, 0.5) is 57.1 Å². The molecule has 0 radical (unpaired) electrons. The number of aryl methyl sites for hydroxylation is 2. The minimum Gasteiger partial charge on any atom is -0.356 e. The van der Waals surface area contributed by atoms with Crippen molar-refractivity contribution in [3.63, 3.8) is 0 Å². The highest BCUT2D eigenvalue weighted by atomic mass is 16.2. The molecule has 354 valence electrons. The van der Waals surface area contributed by atoms with E-state index in [2.05, 4.69) is 41.7 Å². The van der Waals surface area contributed by atoms with E-state index in [0.29, 0.717) is 73.2 Å². The fourth-order valence-electron chi connectivity index (χ4n) is 7.30. The molecule has 16 nitrogen and oxygen atoms in total. The Morgan fingerprint density at radius 3 is 1.10 bits per heavy atom. The van der Waals surface area contributed by atoms with Crippen molar-refractivity contribution in [2.75, 3.05) is 48.5 Å². The summed E-state index contributed by atoms with van der Waals surface area (Å²) < 4.78 is 4.01. The molecular weight excluding hydrogens is 881 g/mol. The zero-order valence-corrected chi connectivity index (χ0v) is 39.6. The molecule has 2 heterocycles. The molecule has 0 atom stereocenters. The zero-order valence-electron chi connectivity index (χ0n) is 39.6. The monoisotopic (exact) mass is 936 g/mol. The lowest BCUT2D eigenvalue weighted by Gasteiger charge is -2.18. The number of amides is 4. The van der Waals surface area contributed by atoms with E-state index in [1.54, 1.807) is 48.2 Å². The van der Waals surface area contributed by atoms with E-state index < -0.39 is 0 Å². The predicted octanol–water partition coefficient (Wildman–Crippen LogP) is 10.8. The van der Waals surface area contributed by atoms with Gasteiger partial charge in [-0.1, -0.05) is 12.1 Å². The number of anilines is 6. The maximum atomic E-state index is 13.4. The fourth-order valence-corrected chi connectivity index (χ4v) is 7.30. The molecule has 5 aromatic carbocycles. The predicted molar refractivity (Wildman–Crippen MR) is 272 cm³/mol. The number of aromatic nitrogens is 2. The maximum absolute atomic E-state index is 13.4. The van der Waals surface area contributed by atoms with Crippen molar-refractivity contribution < 1.29 is 28.3 Å². The van der Waals surface area contributed by atoms with E-state index in [1.807, 2.05) is 155 Å². The molecule has 0 saturated carbocycles. The number of hydrogen-bond acceptors (Lipinski definition) is 10. The van der Waals surface area contributed by atoms with E-state index in [1.165, 1.54) is 13.8 Å². The van der Waals surface area contributed by atoms with Crippen LogP contribution in [0.5, 0.6) is 0 Å². The third-order valence-corrected chi connectivity index (χ3v) is 10.9. The smallest absolute Gasteiger partial charge is 0.350 e. The van der Waals surface area contributed by atoms with Crippen LogP contribution in [-0.4, -0.2) is 60.6 Å². The number of hydrogen-bond donors (Lipinski definition) is 4. The molecule has 0 aliphatic carbocycles. The maximum Gasteiger partial charge on any atom is 0.350 e. The first-order valence-corrected chi connectivity index (χ1v) is 22.9. The first-order valence-electron chi connectivity index (χ1n) is 22.9. The minimum atomic E-state index is -0.129. The van der Waals surface area contributed by atoms with Crippen molar-refractivity contribution in [2.24, 2.45) is 20.5 Å². The molecule has 4 amide bonds. The highest BCUT2D eigenvalue weighted by Gasteiger charge is 2.17. The lowest BCUT2D eigenvalue weighted by molar-refractivity contribution is -0.684. The molecule has 2 aromatic heterocycles. The van der Waals surface area contributed by atoms with Gasteiger partial charge in [-0.05, 0) is 144 Å². The highest BCUT2D eigenvalue weighted by molar-refractivity contribution is 5.97. The summed E-state index contributed by atoms with van der Waals surface area (Å²) in [6, 6.07) is 48.5. The summed E-state index contributed by atoms with van der Waals surface area (Å²) in [6.45, 7) is 5.23. The molecule has 0 bridgehead atoms. The van der Waals surface area contributed by atoms with Crippen molar-refractivity contribution in [3.05, 3.63) is 181 Å². The highest BCUT2D eigenvalue weighted by Crippen LogP contribution is 2.25. The Morgan fingerprint density at radius 2 is 0.757 bits per heavy atom. The van der Waals surface area contributed by atoms with Crippen LogP contribution in [0.1, 0.15) is 47.4 Å². The summed E-state index contributed by atoms with van der Waals surface area (Å²) in [5.74, 6) is 0.885. The Balaban J connectivity index is 0.834. The van der Waals surface area contributed by atoms with Crippen LogP contribution in [0.15, 0.2) is 191 Å². The van der Waals surface area contributed by atoms with Crippen LogP contribution < -0.4 is 30.4 Å². The van der Waals surface area contributed by atoms with Crippen molar-refractivity contribution in [3.8, 4) is 0 Å². The molecule has 7 rings (SSSR count). The molecule has 16 heteroatoms. The lowest BCUT2D eigenvalue weighted by atomic mass is 10.1. The molecular formula is C54H56N12O4+2. The van der Waals surface area contributed by atoms with Crippen molar-refractivity contribution in [1.29, 1.82) is 0 Å². The largest absolute Gasteiger partial charge is 0.356 e. The average Bonchev–Trinajstić information content (AvgIpc) is 3.37. The first-order chi connectivity index (χ1) is 33.9. The van der Waals surface area contributed by atoms with E-state index >= 15 is 0 Å². The van der Waals surface area contributed by atoms with Gasteiger partial charge in [-0.15, -0.1) is 0 Å². The summed E-state index contributed by atoms with van der Waals surface area (Å²) in [5.41, 5.74) is 7.42. The quantitative estimate of drug-likeness (QED) is 0.0436. The second-order valence-corrected chi connectivity index (χ2v) is 16.5. The molecule has 0 unspecified atom stereocenters. The first kappa shape index (κ1) is 49.0. The number of carbonyl (C=O) groups is 4. The Morgan fingerprint density at radius 1 is 0.429 bits per heavy atom. The molecule has 0 saturated heterocycles. The van der Waals surface area contributed by atoms with E-state index in [-0.39, 0.29) is 23.6 Å². The number of carbonyl (C=O) groups excluding carboxylic acids is 4. The number of benzene rings is 5. The summed E-state index contributed by atoms with van der Waals surface area (Å²) >= 11 is 0. The average molecular weight is 937 g/mol. The second kappa shape index (κ2) is 24.2. The van der Waals surface area contributed by atoms with Crippen molar-refractivity contribution >= 4 is 80.8 Å². The van der Waals surface area contributed by atoms with Crippen LogP contribution in [0, 0.1) is 0 Å². The number of pyridine rings is 2. The standard InChI is InChI=1S/C54H54N12O4/c1-39(67)55-43-17-21-45(22-18-43)57-47-25-29-49(30-26-47)59-61-51-11-5-7-35-65(51)37-9-33-63(3)53(69)41-13-15-42(16-14-41)54(70)64(4)34-10-38-66-36-8-6-12-52(66)62-60-50-31-27-48(28-32-50)58-46-23-19-44(20-24-46)56-40(2)68/h5-8,11-32,35-36H,9-10,33-34,37-38H2,1-4H3,(H2,55,56,59,60,67,68)/p+2. The summed E-state index contributed by atoms with van der Waals surface area (Å²) in [4.78, 5) is 52.7. The number of nitrogens with zero attached hydrogens (tertiary/aromatic N) is 8. The Bertz CT molecular complexity index is 2740. The van der Waals surface area contributed by atoms with Gasteiger partial charge in [0.25, 0.3) is 11.8 Å². The van der Waals surface area contributed by atoms with Crippen LogP contribution in [0.3, 0.4) is 0 Å². The van der Waals surface area contributed by atoms with Crippen molar-refractivity contribution in [1.82, 2.24) is 9.80 Å². The summed E-state index contributed by atoms with van der Waals surface area (Å²) in [6.07, 6.45) is 5.26. The van der Waals surface area contributed by atoms with Crippen LogP contribution >= 0.6 is 0 Å². The van der Waals surface area contributed by atoms with E-state index in [9.17, 15) is 19.2 Å². The third kappa shape index (κ3) is 14.5. The fraction of sp³-hybridized carbons (Fsp3) is 0.185. The van der Waals surface area contributed by atoms with Crippen molar-refractivity contribution in [2.45, 2.75) is 39.8 Å². The topological polar surface area (TPSA) is 180 Å². The molecule has 7 aromatic rings. The molecule has 0 spiro atoms. The van der Waals surface area contributed by atoms with Gasteiger partial charge >= 0.3 is 11.6 Å². The van der Waals surface area contributed by atoms with Gasteiger partial charge in [0.2, 0.25) is 11.8 Å². The van der Waals surface area contributed by atoms with Gasteiger partial charge in [-0.3, -0.25) is 19.2 Å². The summed E-state index contributed by atoms with van der Waals surface area (Å²) in [7, 11) is 3.55. The Labute approximate surface area is 407 Å². The van der Waals surface area contributed by atoms with Crippen LogP contribution in [0.2, 0.25) is 0 Å². The lowest BCUT2D eigenvalue weighted by Crippen LogP contribution is -2.36. The molecule has 70 heavy (non-hydrogen) atoms. The van der Waals surface area contributed by atoms with Gasteiger partial charge in [-0.2, -0.15) is 0 Å². The van der Waals surface area contributed by atoms with Gasteiger partial charge in [-0.25, -0.2) is 9.13 Å². The van der Waals surface area contributed by atoms with Gasteiger partial charge < -0.3 is 31.1 Å². The normalized spacial score (nSPS) is 11.0. The molecule has 0 aliphatic rings. The number of rotatable bonds is 20. The van der Waals surface area contributed by atoms with Gasteiger partial charge in [0.1, 0.15) is 11.4 Å². The van der Waals surface area contributed by atoms with E-state index in [4.69, 9.17) is 0 Å². The number of azo groups is 2. The van der Waals surface area contributed by atoms with E-state index in [0.717, 1.165) is 34.1 Å². The summed E-state index contributed by atoms with van der Waals surface area (Å²) in [5, 5.41) is 30.1. The Hall–Kier alpha value is -8.92. The Kier molecular flexibility index (Phi) is 16.9. The van der Waals surface area contributed by atoms with Crippen LogP contribution in [0.25, 0.3) is 0 Å². The molecule has 4 N–H and O–H groups in total. The molecule has 0 fully saturated rings. The van der Waals surface area contributed by atoms with Gasteiger partial charge in [0, 0.05) is 111 Å². The number of nitrogens with one attached hydrogen (secondary N) is 4. The SMILES string of the molecule is CC(=O)Nc1ccc(Nc2ccc(N=Nc3cccc[n+]3CCCN(C)C(=O)c3ccc(C(=O)N(C)CCC[n+]4ccccc4/N=N/c4ccc(Nc5ccc(NC(C)=O)cc5)cc4)cc3)cc2)cc1. The zero-order chi connectivity index (χ0) is 49.2. The third-order valence-electron chi connectivity index (χ3n) is 10.9. The van der Waals surface area contributed by atoms with Gasteiger partial charge in [0.05, 0.1) is 35.7 Å². The molecule has 0 aliphatic heterocycles. The van der Waals surface area contributed by atoms with Gasteiger partial charge in [0.15, 0.2) is 0 Å².